The van der Waals surface area contributed by atoms with Crippen LogP contribution in [0, 0.1) is 13.8 Å². The van der Waals surface area contributed by atoms with Gasteiger partial charge in [0.15, 0.2) is 0 Å². The first-order valence-electron chi connectivity index (χ1n) is 7.92. The van der Waals surface area contributed by atoms with Crippen LogP contribution >= 0.6 is 11.3 Å². The highest BCUT2D eigenvalue weighted by Crippen LogP contribution is 2.21. The van der Waals surface area contributed by atoms with Crippen molar-refractivity contribution in [2.24, 2.45) is 0 Å². The Morgan fingerprint density at radius 3 is 2.80 bits per heavy atom. The Balaban J connectivity index is 1.68. The first kappa shape index (κ1) is 17.2. The third-order valence-corrected chi connectivity index (χ3v) is 4.90. The first-order chi connectivity index (χ1) is 11.9. The summed E-state index contributed by atoms with van der Waals surface area (Å²) in [6, 6.07) is 9.57. The second kappa shape index (κ2) is 7.06. The van der Waals surface area contributed by atoms with Crippen molar-refractivity contribution in [3.8, 4) is 10.8 Å². The van der Waals surface area contributed by atoms with Gasteiger partial charge in [-0.3, -0.25) is 4.79 Å². The quantitative estimate of drug-likeness (QED) is 0.761. The summed E-state index contributed by atoms with van der Waals surface area (Å²) in [5, 5.41) is 8.84. The Kier molecular flexibility index (Phi) is 4.85. The minimum absolute atomic E-state index is 0.161. The van der Waals surface area contributed by atoms with Crippen LogP contribution in [0.5, 0.6) is 0 Å². The molecule has 0 aliphatic carbocycles. The van der Waals surface area contributed by atoms with Crippen LogP contribution in [0.25, 0.3) is 10.8 Å². The smallest absolute Gasteiger partial charge is 0.387 e. The standard InChI is InChI=1S/C18H19N3O3S/c1-11-6-7-14(9-12(11)2)13(3)19-16(22)10-21-18(23)24-17(20-21)15-5-4-8-25-15/h4-9,13H,10H2,1-3H3,(H,19,22). The maximum atomic E-state index is 12.2. The summed E-state index contributed by atoms with van der Waals surface area (Å²) in [5.74, 6) is -0.703. The molecule has 0 aliphatic heterocycles. The molecule has 0 fully saturated rings. The number of nitrogens with one attached hydrogen (secondary N) is 1. The van der Waals surface area contributed by atoms with E-state index in [-0.39, 0.29) is 24.4 Å². The van der Waals surface area contributed by atoms with Gasteiger partial charge in [-0.1, -0.05) is 24.3 Å². The van der Waals surface area contributed by atoms with Crippen molar-refractivity contribution in [2.75, 3.05) is 0 Å². The van der Waals surface area contributed by atoms with E-state index in [9.17, 15) is 9.59 Å². The molecule has 130 valence electrons. The van der Waals surface area contributed by atoms with Crippen molar-refractivity contribution in [1.29, 1.82) is 0 Å². The summed E-state index contributed by atoms with van der Waals surface area (Å²) in [4.78, 5) is 24.9. The van der Waals surface area contributed by atoms with Crippen LogP contribution in [0.1, 0.15) is 29.7 Å². The second-order valence-corrected chi connectivity index (χ2v) is 6.89. The molecule has 1 unspecified atom stereocenters. The van der Waals surface area contributed by atoms with Crippen LogP contribution in [0.15, 0.2) is 44.9 Å². The average Bonchev–Trinajstić information content (AvgIpc) is 3.20. The zero-order chi connectivity index (χ0) is 18.0. The molecule has 2 heterocycles. The molecule has 0 aliphatic rings. The molecule has 1 amide bonds. The molecule has 1 atom stereocenters. The van der Waals surface area contributed by atoms with Gasteiger partial charge in [0.2, 0.25) is 5.91 Å². The highest BCUT2D eigenvalue weighted by Gasteiger charge is 2.16. The van der Waals surface area contributed by atoms with E-state index < -0.39 is 5.76 Å². The molecule has 0 spiro atoms. The van der Waals surface area contributed by atoms with Gasteiger partial charge in [0.1, 0.15) is 6.54 Å². The fourth-order valence-corrected chi connectivity index (χ4v) is 3.09. The topological polar surface area (TPSA) is 77.1 Å². The highest BCUT2D eigenvalue weighted by atomic mass is 32.1. The predicted octanol–water partition coefficient (Wildman–Crippen LogP) is 3.06. The van der Waals surface area contributed by atoms with Crippen molar-refractivity contribution >= 4 is 17.2 Å². The fourth-order valence-electron chi connectivity index (χ4n) is 2.45. The van der Waals surface area contributed by atoms with Crippen molar-refractivity contribution < 1.29 is 9.21 Å². The van der Waals surface area contributed by atoms with Crippen molar-refractivity contribution in [1.82, 2.24) is 15.1 Å². The zero-order valence-electron chi connectivity index (χ0n) is 14.3. The minimum Gasteiger partial charge on any atom is -0.387 e. The van der Waals surface area contributed by atoms with E-state index in [1.54, 1.807) is 0 Å². The van der Waals surface area contributed by atoms with Crippen LogP contribution in [-0.4, -0.2) is 15.7 Å². The molecule has 3 rings (SSSR count). The van der Waals surface area contributed by atoms with Crippen LogP contribution in [0.3, 0.4) is 0 Å². The molecule has 7 heteroatoms. The van der Waals surface area contributed by atoms with Crippen molar-refractivity contribution in [2.45, 2.75) is 33.4 Å². The van der Waals surface area contributed by atoms with Gasteiger partial charge in [0, 0.05) is 0 Å². The summed E-state index contributed by atoms with van der Waals surface area (Å²) in [7, 11) is 0. The van der Waals surface area contributed by atoms with E-state index in [4.69, 9.17) is 4.42 Å². The molecule has 0 saturated heterocycles. The van der Waals surface area contributed by atoms with Gasteiger partial charge < -0.3 is 9.73 Å². The summed E-state index contributed by atoms with van der Waals surface area (Å²) < 4.78 is 6.14. The van der Waals surface area contributed by atoms with E-state index in [1.165, 1.54) is 22.5 Å². The van der Waals surface area contributed by atoms with Gasteiger partial charge >= 0.3 is 5.76 Å². The Morgan fingerprint density at radius 2 is 2.12 bits per heavy atom. The number of carbonyl (C=O) groups excluding carboxylic acids is 1. The zero-order valence-corrected chi connectivity index (χ0v) is 15.1. The largest absolute Gasteiger partial charge is 0.437 e. The summed E-state index contributed by atoms with van der Waals surface area (Å²) in [5.41, 5.74) is 3.40. The molecule has 2 aromatic heterocycles. The van der Waals surface area contributed by atoms with Crippen LogP contribution in [0.4, 0.5) is 0 Å². The molecule has 1 N–H and O–H groups in total. The molecule has 6 nitrogen and oxygen atoms in total. The van der Waals surface area contributed by atoms with Crippen molar-refractivity contribution in [3.63, 3.8) is 0 Å². The Labute approximate surface area is 149 Å². The third kappa shape index (κ3) is 3.88. The van der Waals surface area contributed by atoms with Crippen LogP contribution in [-0.2, 0) is 11.3 Å². The molecule has 1 aromatic carbocycles. The Bertz CT molecular complexity index is 941. The number of amides is 1. The Hall–Kier alpha value is -2.67. The molecule has 0 saturated carbocycles. The first-order valence-corrected chi connectivity index (χ1v) is 8.80. The van der Waals surface area contributed by atoms with E-state index in [0.717, 1.165) is 15.1 Å². The molecule has 3 aromatic rings. The van der Waals surface area contributed by atoms with Crippen LogP contribution < -0.4 is 11.1 Å². The number of aryl methyl sites for hydroxylation is 2. The van der Waals surface area contributed by atoms with Crippen molar-refractivity contribution in [3.05, 3.63) is 63.0 Å². The number of nitrogens with zero attached hydrogens (tertiary/aromatic N) is 2. The number of hydrogen-bond acceptors (Lipinski definition) is 5. The van der Waals surface area contributed by atoms with Gasteiger partial charge in [-0.05, 0) is 48.9 Å². The van der Waals surface area contributed by atoms with Gasteiger partial charge in [-0.2, -0.15) is 4.68 Å². The average molecular weight is 357 g/mol. The molecule has 25 heavy (non-hydrogen) atoms. The SMILES string of the molecule is Cc1ccc(C(C)NC(=O)Cn2nc(-c3cccs3)oc2=O)cc1C. The summed E-state index contributed by atoms with van der Waals surface area (Å²) in [6.45, 7) is 5.81. The van der Waals surface area contributed by atoms with E-state index in [1.807, 2.05) is 50.4 Å². The number of thiophene rings is 1. The van der Waals surface area contributed by atoms with Gasteiger partial charge in [-0.25, -0.2) is 4.79 Å². The van der Waals surface area contributed by atoms with Gasteiger partial charge in [0.25, 0.3) is 5.89 Å². The second-order valence-electron chi connectivity index (χ2n) is 5.94. The molecule has 0 radical (unpaired) electrons. The summed E-state index contributed by atoms with van der Waals surface area (Å²) >= 11 is 1.42. The number of aromatic nitrogens is 2. The number of hydrogen-bond donors (Lipinski definition) is 1. The predicted molar refractivity (Wildman–Crippen MR) is 96.5 cm³/mol. The number of carbonyl (C=O) groups is 1. The fraction of sp³-hybridized carbons (Fsp3) is 0.278. The maximum absolute atomic E-state index is 12.2. The van der Waals surface area contributed by atoms with E-state index in [2.05, 4.69) is 16.5 Å². The Morgan fingerprint density at radius 1 is 1.32 bits per heavy atom. The molecular formula is C18H19N3O3S. The van der Waals surface area contributed by atoms with E-state index >= 15 is 0 Å². The summed E-state index contributed by atoms with van der Waals surface area (Å²) in [6.07, 6.45) is 0. The molecule has 0 bridgehead atoms. The highest BCUT2D eigenvalue weighted by molar-refractivity contribution is 7.13. The lowest BCUT2D eigenvalue weighted by Gasteiger charge is -2.15. The lowest BCUT2D eigenvalue weighted by molar-refractivity contribution is -0.122. The number of benzene rings is 1. The van der Waals surface area contributed by atoms with Gasteiger partial charge in [-0.15, -0.1) is 16.4 Å². The van der Waals surface area contributed by atoms with Gasteiger partial charge in [0.05, 0.1) is 10.9 Å². The van der Waals surface area contributed by atoms with E-state index in [0.29, 0.717) is 0 Å². The lowest BCUT2D eigenvalue weighted by Crippen LogP contribution is -2.33. The lowest BCUT2D eigenvalue weighted by atomic mass is 10.0. The third-order valence-electron chi connectivity index (χ3n) is 4.04. The molecular weight excluding hydrogens is 338 g/mol. The van der Waals surface area contributed by atoms with Crippen LogP contribution in [0.2, 0.25) is 0 Å². The minimum atomic E-state index is -0.641. The number of rotatable bonds is 5. The normalized spacial score (nSPS) is 12.1. The maximum Gasteiger partial charge on any atom is 0.437 e. The monoisotopic (exact) mass is 357 g/mol.